The Kier molecular flexibility index (Phi) is 5.18. The van der Waals surface area contributed by atoms with Gasteiger partial charge in [0.2, 0.25) is 0 Å². The van der Waals surface area contributed by atoms with E-state index in [4.69, 9.17) is 16.9 Å². The number of benzene rings is 1. The van der Waals surface area contributed by atoms with Crippen LogP contribution in [0.4, 0.5) is 0 Å². The number of carbonyl (C=O) groups excluding carboxylic acids is 1. The van der Waals surface area contributed by atoms with Gasteiger partial charge in [-0.15, -0.1) is 0 Å². The van der Waals surface area contributed by atoms with Crippen molar-refractivity contribution in [1.82, 2.24) is 4.90 Å². The van der Waals surface area contributed by atoms with Gasteiger partial charge in [-0.2, -0.15) is 5.26 Å². The number of rotatable bonds is 4. The van der Waals surface area contributed by atoms with E-state index in [1.807, 2.05) is 13.8 Å². The molecule has 0 heterocycles. The Morgan fingerprint density at radius 2 is 1.94 bits per heavy atom. The summed E-state index contributed by atoms with van der Waals surface area (Å²) >= 11 is 5.78. The van der Waals surface area contributed by atoms with Crippen LogP contribution in [-0.2, 0) is 0 Å². The van der Waals surface area contributed by atoms with Gasteiger partial charge < -0.3 is 4.90 Å². The molecule has 1 atom stereocenters. The van der Waals surface area contributed by atoms with Crippen LogP contribution in [0.2, 0.25) is 5.02 Å². The monoisotopic (exact) mass is 264 g/mol. The summed E-state index contributed by atoms with van der Waals surface area (Å²) in [6.45, 7) is 4.07. The van der Waals surface area contributed by atoms with Crippen LogP contribution in [0.3, 0.4) is 0 Å². The van der Waals surface area contributed by atoms with Crippen LogP contribution >= 0.6 is 11.6 Å². The van der Waals surface area contributed by atoms with E-state index in [-0.39, 0.29) is 5.91 Å². The maximum Gasteiger partial charge on any atom is 0.254 e. The van der Waals surface area contributed by atoms with Gasteiger partial charge in [-0.05, 0) is 36.6 Å². The molecule has 0 saturated carbocycles. The van der Waals surface area contributed by atoms with E-state index in [9.17, 15) is 4.79 Å². The molecule has 1 rings (SSSR count). The van der Waals surface area contributed by atoms with Crippen molar-refractivity contribution in [2.24, 2.45) is 5.92 Å². The largest absolute Gasteiger partial charge is 0.326 e. The topological polar surface area (TPSA) is 44.1 Å². The van der Waals surface area contributed by atoms with E-state index in [2.05, 4.69) is 6.07 Å². The molecule has 0 saturated heterocycles. The first-order chi connectivity index (χ1) is 8.45. The van der Waals surface area contributed by atoms with E-state index < -0.39 is 6.04 Å². The third kappa shape index (κ3) is 3.75. The summed E-state index contributed by atoms with van der Waals surface area (Å²) in [6.07, 6.45) is 0.673. The molecular weight excluding hydrogens is 248 g/mol. The third-order valence-corrected chi connectivity index (χ3v) is 2.97. The molecule has 96 valence electrons. The zero-order valence-electron chi connectivity index (χ0n) is 10.9. The van der Waals surface area contributed by atoms with Crippen molar-refractivity contribution in [1.29, 1.82) is 5.26 Å². The van der Waals surface area contributed by atoms with Gasteiger partial charge in [0.15, 0.2) is 0 Å². The lowest BCUT2D eigenvalue weighted by atomic mass is 10.0. The number of nitrogens with zero attached hydrogens (tertiary/aromatic N) is 2. The number of carbonyl (C=O) groups is 1. The predicted octanol–water partition coefficient (Wildman–Crippen LogP) is 3.35. The smallest absolute Gasteiger partial charge is 0.254 e. The Balaban J connectivity index is 2.82. The molecule has 3 nitrogen and oxygen atoms in total. The maximum atomic E-state index is 12.2. The lowest BCUT2D eigenvalue weighted by Gasteiger charge is -2.24. The highest BCUT2D eigenvalue weighted by atomic mass is 35.5. The molecule has 0 fully saturated rings. The molecule has 4 heteroatoms. The van der Waals surface area contributed by atoms with Crippen molar-refractivity contribution in [2.75, 3.05) is 7.05 Å². The van der Waals surface area contributed by atoms with E-state index >= 15 is 0 Å². The minimum Gasteiger partial charge on any atom is -0.326 e. The summed E-state index contributed by atoms with van der Waals surface area (Å²) in [6, 6.07) is 8.47. The molecule has 1 unspecified atom stereocenters. The average molecular weight is 265 g/mol. The van der Waals surface area contributed by atoms with Crippen LogP contribution in [0, 0.1) is 17.2 Å². The summed E-state index contributed by atoms with van der Waals surface area (Å²) in [7, 11) is 1.66. The first-order valence-corrected chi connectivity index (χ1v) is 6.25. The van der Waals surface area contributed by atoms with Gasteiger partial charge >= 0.3 is 0 Å². The molecule has 0 aromatic heterocycles. The van der Waals surface area contributed by atoms with Gasteiger partial charge in [0.1, 0.15) is 6.04 Å². The average Bonchev–Trinajstić information content (AvgIpc) is 2.35. The number of halogens is 1. The Morgan fingerprint density at radius 3 is 2.39 bits per heavy atom. The predicted molar refractivity (Wildman–Crippen MR) is 72.4 cm³/mol. The van der Waals surface area contributed by atoms with Gasteiger partial charge in [0.25, 0.3) is 5.91 Å². The second-order valence-corrected chi connectivity index (χ2v) is 5.13. The Labute approximate surface area is 113 Å². The lowest BCUT2D eigenvalue weighted by Crippen LogP contribution is -2.37. The summed E-state index contributed by atoms with van der Waals surface area (Å²) < 4.78 is 0. The standard InChI is InChI=1S/C14H17ClN2O/c1-10(2)8-13(9-16)17(3)14(18)11-4-6-12(15)7-5-11/h4-7,10,13H,8H2,1-3H3. The lowest BCUT2D eigenvalue weighted by molar-refractivity contribution is 0.0752. The van der Waals surface area contributed by atoms with E-state index in [1.54, 1.807) is 31.3 Å². The molecule has 0 aliphatic carbocycles. The zero-order valence-corrected chi connectivity index (χ0v) is 11.6. The Morgan fingerprint density at radius 1 is 1.39 bits per heavy atom. The minimum absolute atomic E-state index is 0.154. The normalized spacial score (nSPS) is 12.0. The van der Waals surface area contributed by atoms with Crippen LogP contribution < -0.4 is 0 Å². The molecule has 0 aliphatic heterocycles. The highest BCUT2D eigenvalue weighted by Gasteiger charge is 2.21. The summed E-state index contributed by atoms with van der Waals surface area (Å²) in [4.78, 5) is 13.7. The zero-order chi connectivity index (χ0) is 13.7. The van der Waals surface area contributed by atoms with Gasteiger partial charge in [0, 0.05) is 17.6 Å². The Hall–Kier alpha value is -1.53. The van der Waals surface area contributed by atoms with E-state index in [0.717, 1.165) is 0 Å². The first-order valence-electron chi connectivity index (χ1n) is 5.88. The second kappa shape index (κ2) is 6.42. The number of hydrogen-bond acceptors (Lipinski definition) is 2. The van der Waals surface area contributed by atoms with E-state index in [1.165, 1.54) is 4.90 Å². The van der Waals surface area contributed by atoms with Crippen molar-refractivity contribution in [3.05, 3.63) is 34.9 Å². The highest BCUT2D eigenvalue weighted by molar-refractivity contribution is 6.30. The van der Waals surface area contributed by atoms with Crippen molar-refractivity contribution >= 4 is 17.5 Å². The Bertz CT molecular complexity index is 448. The molecule has 1 amide bonds. The fraction of sp³-hybridized carbons (Fsp3) is 0.429. The summed E-state index contributed by atoms with van der Waals surface area (Å²) in [5, 5.41) is 9.71. The van der Waals surface area contributed by atoms with Crippen LogP contribution in [-0.4, -0.2) is 23.9 Å². The molecular formula is C14H17ClN2O. The molecule has 0 aliphatic rings. The fourth-order valence-electron chi connectivity index (χ4n) is 1.68. The number of hydrogen-bond donors (Lipinski definition) is 0. The molecule has 0 radical (unpaired) electrons. The van der Waals surface area contributed by atoms with Gasteiger partial charge in [0.05, 0.1) is 6.07 Å². The summed E-state index contributed by atoms with van der Waals surface area (Å²) in [5.74, 6) is 0.217. The SMILES string of the molecule is CC(C)CC(C#N)N(C)C(=O)c1ccc(Cl)cc1. The quantitative estimate of drug-likeness (QED) is 0.837. The van der Waals surface area contributed by atoms with Crippen LogP contribution in [0.1, 0.15) is 30.6 Å². The van der Waals surface area contributed by atoms with Crippen molar-refractivity contribution < 1.29 is 4.79 Å². The van der Waals surface area contributed by atoms with Crippen LogP contribution in [0.15, 0.2) is 24.3 Å². The van der Waals surface area contributed by atoms with Gasteiger partial charge in [-0.25, -0.2) is 0 Å². The second-order valence-electron chi connectivity index (χ2n) is 4.70. The molecule has 1 aromatic carbocycles. The molecule has 18 heavy (non-hydrogen) atoms. The van der Waals surface area contributed by atoms with Crippen molar-refractivity contribution in [3.63, 3.8) is 0 Å². The number of nitriles is 1. The molecule has 0 spiro atoms. The van der Waals surface area contributed by atoms with Gasteiger partial charge in [-0.1, -0.05) is 25.4 Å². The fourth-order valence-corrected chi connectivity index (χ4v) is 1.81. The highest BCUT2D eigenvalue weighted by Crippen LogP contribution is 2.15. The van der Waals surface area contributed by atoms with Crippen LogP contribution in [0.5, 0.6) is 0 Å². The molecule has 1 aromatic rings. The van der Waals surface area contributed by atoms with Crippen LogP contribution in [0.25, 0.3) is 0 Å². The third-order valence-electron chi connectivity index (χ3n) is 2.72. The summed E-state index contributed by atoms with van der Waals surface area (Å²) in [5.41, 5.74) is 0.547. The van der Waals surface area contributed by atoms with Gasteiger partial charge in [-0.3, -0.25) is 4.79 Å². The first kappa shape index (κ1) is 14.5. The molecule has 0 bridgehead atoms. The minimum atomic E-state index is -0.395. The molecule has 0 N–H and O–H groups in total. The maximum absolute atomic E-state index is 12.2. The van der Waals surface area contributed by atoms with E-state index in [0.29, 0.717) is 22.9 Å². The van der Waals surface area contributed by atoms with Crippen molar-refractivity contribution in [2.45, 2.75) is 26.3 Å². The van der Waals surface area contributed by atoms with Crippen molar-refractivity contribution in [3.8, 4) is 6.07 Å². The number of amides is 1.